The summed E-state index contributed by atoms with van der Waals surface area (Å²) in [4.78, 5) is 40.1. The summed E-state index contributed by atoms with van der Waals surface area (Å²) >= 11 is 0.286. The van der Waals surface area contributed by atoms with E-state index in [2.05, 4.69) is 32.2 Å². The minimum atomic E-state index is -1.50. The standard InChI is InChI=1S/C43H54O18S2/c1-22(2)17-34(45)55-37-36(57-63-61-59-51)35(56-62-60-58-50)32(21-52-40(49)26-7-5-24(6-8-26)25-9-12-28(44)13-10-25)54-41(37)53-29-18-30(39(47)48)31-15-16-43-19-27(23(3)38(43)46)11-14-33(43)42(31,4)20-29/h5-10,12-13,22,27,29-33,35-38,41,44,46,50-51H,3,11,14-21H2,1-2,4H3,(H,47,48)/t27?,29?,30?,31?,32-,33?,35+,36?,37?,38-,41?,42?,43?/m0/s1. The third kappa shape index (κ3) is 10.1. The molecule has 1 aliphatic heterocycles. The van der Waals surface area contributed by atoms with Crippen LogP contribution < -0.4 is 0 Å². The molecule has 2 aromatic rings. The zero-order valence-electron chi connectivity index (χ0n) is 35.0. The maximum atomic E-state index is 13.5. The summed E-state index contributed by atoms with van der Waals surface area (Å²) in [6.07, 6.45) is -4.39. The van der Waals surface area contributed by atoms with Crippen LogP contribution in [-0.2, 0) is 55.6 Å². The number of aliphatic hydroxyl groups excluding tert-OH is 1. The number of carbonyl (C=O) groups excluding carboxylic acids is 2. The molecule has 63 heavy (non-hydrogen) atoms. The second-order valence-corrected chi connectivity index (χ2v) is 18.8. The first-order valence-corrected chi connectivity index (χ1v) is 22.3. The van der Waals surface area contributed by atoms with E-state index in [9.17, 15) is 29.7 Å². The maximum absolute atomic E-state index is 13.5. The fourth-order valence-electron chi connectivity index (χ4n) is 11.4. The molecule has 5 N–H and O–H groups in total. The molecule has 10 unspecified atom stereocenters. The molecule has 1 heterocycles. The number of phenols is 1. The van der Waals surface area contributed by atoms with Crippen LogP contribution in [-0.4, -0.2) is 93.3 Å². The summed E-state index contributed by atoms with van der Waals surface area (Å²) < 4.78 is 45.7. The summed E-state index contributed by atoms with van der Waals surface area (Å²) in [6.45, 7) is 9.47. The van der Waals surface area contributed by atoms with Crippen molar-refractivity contribution in [2.45, 2.75) is 115 Å². The van der Waals surface area contributed by atoms with E-state index in [4.69, 9.17) is 37.8 Å². The molecule has 20 heteroatoms. The first kappa shape index (κ1) is 47.6. The Bertz CT molecular complexity index is 1920. The number of carboxylic acids is 1. The van der Waals surface area contributed by atoms with Gasteiger partial charge >= 0.3 is 17.9 Å². The molecule has 13 atom stereocenters. The second-order valence-electron chi connectivity index (χ2n) is 17.9. The Kier molecular flexibility index (Phi) is 15.4. The molecule has 5 fully saturated rings. The SMILES string of the molecule is C=C1C2CCC3C4(C)CC(OC5O[C@@H](COC(=O)c6ccc(-c7ccc(O)cc7)cc6)[C@@H](OSOOO)C(OSOOO)C5OC(=O)CC(C)C)CC(C(=O)O)C4CCC3(C2)[C@H]1O. The van der Waals surface area contributed by atoms with Gasteiger partial charge in [0.05, 0.1) is 23.7 Å². The number of hydrogen-bond donors (Lipinski definition) is 5. The van der Waals surface area contributed by atoms with E-state index in [1.54, 1.807) is 48.5 Å². The zero-order chi connectivity index (χ0) is 45.1. The Morgan fingerprint density at radius 1 is 0.905 bits per heavy atom. The smallest absolute Gasteiger partial charge is 0.338 e. The van der Waals surface area contributed by atoms with Crippen LogP contribution in [0.15, 0.2) is 60.7 Å². The summed E-state index contributed by atoms with van der Waals surface area (Å²) in [5, 5.41) is 57.4. The van der Waals surface area contributed by atoms with Crippen LogP contribution in [0.5, 0.6) is 5.75 Å². The normalized spacial score (nSPS) is 34.8. The van der Waals surface area contributed by atoms with Gasteiger partial charge in [0.2, 0.25) is 0 Å². The number of aromatic hydroxyl groups is 1. The first-order chi connectivity index (χ1) is 30.2. The molecular weight excluding hydrogens is 869 g/mol. The number of benzene rings is 2. The number of esters is 2. The lowest BCUT2D eigenvalue weighted by molar-refractivity contribution is -0.436. The van der Waals surface area contributed by atoms with Crippen molar-refractivity contribution in [2.24, 2.45) is 40.4 Å². The van der Waals surface area contributed by atoms with E-state index in [1.165, 1.54) is 0 Å². The lowest BCUT2D eigenvalue weighted by Crippen LogP contribution is -2.63. The van der Waals surface area contributed by atoms with Crippen LogP contribution in [0.25, 0.3) is 11.1 Å². The van der Waals surface area contributed by atoms with Gasteiger partial charge in [0.25, 0.3) is 0 Å². The highest BCUT2D eigenvalue weighted by atomic mass is 32.2. The molecule has 2 aromatic carbocycles. The molecule has 1 spiro atoms. The van der Waals surface area contributed by atoms with Crippen molar-refractivity contribution < 1.29 is 86.3 Å². The average Bonchev–Trinajstić information content (AvgIpc) is 3.42. The Morgan fingerprint density at radius 2 is 1.56 bits per heavy atom. The molecule has 4 saturated carbocycles. The van der Waals surface area contributed by atoms with Crippen LogP contribution in [0, 0.1) is 40.4 Å². The third-order valence-electron chi connectivity index (χ3n) is 14.0. The summed E-state index contributed by atoms with van der Waals surface area (Å²) in [7, 11) is 0. The van der Waals surface area contributed by atoms with E-state index in [0.717, 1.165) is 36.0 Å². The number of carboxylic acid groups (broad SMARTS) is 1. The summed E-state index contributed by atoms with van der Waals surface area (Å²) in [6, 6.07) is 13.1. The number of phenolic OH excluding ortho intramolecular Hbond substituents is 1. The van der Waals surface area contributed by atoms with Gasteiger partial charge in [-0.25, -0.2) is 15.3 Å². The number of aliphatic hydroxyl groups is 1. The lowest BCUT2D eigenvalue weighted by atomic mass is 9.43. The number of ether oxygens (including phenoxy) is 4. The van der Waals surface area contributed by atoms with E-state index >= 15 is 0 Å². The molecule has 2 bridgehead atoms. The second kappa shape index (κ2) is 20.4. The maximum Gasteiger partial charge on any atom is 0.338 e. The van der Waals surface area contributed by atoms with E-state index in [-0.39, 0.29) is 72.5 Å². The minimum Gasteiger partial charge on any atom is -0.508 e. The van der Waals surface area contributed by atoms with Gasteiger partial charge in [-0.05, 0) is 115 Å². The van der Waals surface area contributed by atoms with Crippen molar-refractivity contribution in [1.29, 1.82) is 0 Å². The van der Waals surface area contributed by atoms with Crippen molar-refractivity contribution in [2.75, 3.05) is 6.61 Å². The van der Waals surface area contributed by atoms with Crippen LogP contribution in [0.2, 0.25) is 0 Å². The molecule has 0 radical (unpaired) electrons. The number of hydrogen-bond acceptors (Lipinski definition) is 19. The van der Waals surface area contributed by atoms with Gasteiger partial charge in [0.1, 0.15) is 30.7 Å². The highest BCUT2D eigenvalue weighted by Gasteiger charge is 2.67. The molecule has 0 amide bonds. The van der Waals surface area contributed by atoms with Crippen molar-refractivity contribution in [1.82, 2.24) is 0 Å². The van der Waals surface area contributed by atoms with Crippen LogP contribution in [0.3, 0.4) is 0 Å². The minimum absolute atomic E-state index is 0.0246. The number of rotatable bonds is 18. The largest absolute Gasteiger partial charge is 0.508 e. The van der Waals surface area contributed by atoms with E-state index in [0.29, 0.717) is 19.3 Å². The molecule has 0 aromatic heterocycles. The van der Waals surface area contributed by atoms with Crippen molar-refractivity contribution in [3.05, 3.63) is 66.2 Å². The topological polar surface area (TPSA) is 245 Å². The Balaban J connectivity index is 1.19. The predicted molar refractivity (Wildman–Crippen MR) is 221 cm³/mol. The van der Waals surface area contributed by atoms with Crippen LogP contribution in [0.1, 0.15) is 82.5 Å². The van der Waals surface area contributed by atoms with E-state index < -0.39 is 84.2 Å². The lowest BCUT2D eigenvalue weighted by Gasteiger charge is -2.62. The fraction of sp³-hybridized carbons (Fsp3) is 0.605. The highest BCUT2D eigenvalue weighted by Crippen LogP contribution is 2.70. The third-order valence-corrected chi connectivity index (χ3v) is 14.8. The highest BCUT2D eigenvalue weighted by molar-refractivity contribution is 7.90. The number of fused-ring (bicyclic) bond motifs is 3. The molecule has 4 aliphatic carbocycles. The molecule has 5 aliphatic rings. The van der Waals surface area contributed by atoms with Gasteiger partial charge in [-0.1, -0.05) is 61.7 Å². The Labute approximate surface area is 372 Å². The Morgan fingerprint density at radius 3 is 2.19 bits per heavy atom. The average molecular weight is 923 g/mol. The first-order valence-electron chi connectivity index (χ1n) is 21.0. The molecule has 1 saturated heterocycles. The van der Waals surface area contributed by atoms with Gasteiger partial charge in [0, 0.05) is 11.8 Å². The molecule has 346 valence electrons. The van der Waals surface area contributed by atoms with Gasteiger partial charge < -0.3 is 34.3 Å². The van der Waals surface area contributed by atoms with Crippen molar-refractivity contribution in [3.63, 3.8) is 0 Å². The van der Waals surface area contributed by atoms with Crippen LogP contribution in [0.4, 0.5) is 0 Å². The zero-order valence-corrected chi connectivity index (χ0v) is 36.6. The summed E-state index contributed by atoms with van der Waals surface area (Å²) in [5.74, 6) is -3.25. The molecule has 18 nitrogen and oxygen atoms in total. The monoisotopic (exact) mass is 922 g/mol. The van der Waals surface area contributed by atoms with Gasteiger partial charge in [-0.15, -0.1) is 8.67 Å². The summed E-state index contributed by atoms with van der Waals surface area (Å²) in [5.41, 5.74) is 1.59. The van der Waals surface area contributed by atoms with Crippen LogP contribution >= 0.6 is 24.6 Å². The fourth-order valence-corrected chi connectivity index (χ4v) is 12.1. The Hall–Kier alpha value is -3.35. The number of aliphatic carboxylic acids is 1. The van der Waals surface area contributed by atoms with Gasteiger partial charge in [-0.3, -0.25) is 18.0 Å². The van der Waals surface area contributed by atoms with Crippen molar-refractivity contribution in [3.8, 4) is 16.9 Å². The predicted octanol–water partition coefficient (Wildman–Crippen LogP) is 7.27. The van der Waals surface area contributed by atoms with Crippen molar-refractivity contribution >= 4 is 42.6 Å². The molecule has 7 rings (SSSR count). The number of carbonyl (C=O) groups is 3. The molecular formula is C43H54O18S2. The van der Waals surface area contributed by atoms with E-state index in [1.807, 2.05) is 13.8 Å². The quantitative estimate of drug-likeness (QED) is 0.0188. The van der Waals surface area contributed by atoms with Gasteiger partial charge in [0.15, 0.2) is 37.0 Å². The van der Waals surface area contributed by atoms with Gasteiger partial charge in [-0.2, -0.15) is 0 Å².